The minimum absolute atomic E-state index is 0.109. The first kappa shape index (κ1) is 12.9. The number of hydrogen-bond donors (Lipinski definition) is 0. The highest BCUT2D eigenvalue weighted by Gasteiger charge is 2.48. The second-order valence-corrected chi connectivity index (χ2v) is 6.05. The molecule has 1 aliphatic carbocycles. The quantitative estimate of drug-likeness (QED) is 0.579. The summed E-state index contributed by atoms with van der Waals surface area (Å²) in [6.07, 6.45) is 5.26. The van der Waals surface area contributed by atoms with Gasteiger partial charge in [0.15, 0.2) is 0 Å². The fraction of sp³-hybridized carbons (Fsp3) is 0.286. The molecule has 0 unspecified atom stereocenters. The van der Waals surface area contributed by atoms with E-state index in [0.29, 0.717) is 28.0 Å². The fourth-order valence-corrected chi connectivity index (χ4v) is 3.56. The molecule has 1 heterocycles. The monoisotopic (exact) mass is 339 g/mol. The fourth-order valence-electron chi connectivity index (χ4n) is 2.70. The molecule has 3 rings (SSSR count). The first-order chi connectivity index (χ1) is 9.09. The molecule has 0 spiro atoms. The molecule has 0 radical (unpaired) electrons. The van der Waals surface area contributed by atoms with Gasteiger partial charge in [0.2, 0.25) is 11.8 Å². The number of allylic oxidation sites excluding steroid dienone is 2. The van der Waals surface area contributed by atoms with Crippen LogP contribution in [0.3, 0.4) is 0 Å². The van der Waals surface area contributed by atoms with Crippen LogP contribution in [0, 0.1) is 11.8 Å². The van der Waals surface area contributed by atoms with Crippen molar-refractivity contribution in [3.63, 3.8) is 0 Å². The van der Waals surface area contributed by atoms with Gasteiger partial charge in [-0.25, -0.2) is 4.90 Å². The molecule has 2 aliphatic rings. The Kier molecular flexibility index (Phi) is 3.23. The number of benzene rings is 1. The maximum Gasteiger partial charge on any atom is 0.238 e. The summed E-state index contributed by atoms with van der Waals surface area (Å²) in [5, 5.41) is 0.564. The number of nitrogens with zero attached hydrogens (tertiary/aromatic N) is 1. The molecule has 1 fully saturated rings. The molecule has 0 aromatic heterocycles. The number of rotatable bonds is 1. The average molecular weight is 341 g/mol. The lowest BCUT2D eigenvalue weighted by Gasteiger charge is -2.16. The molecule has 0 N–H and O–H groups in total. The van der Waals surface area contributed by atoms with Crippen LogP contribution in [-0.4, -0.2) is 11.8 Å². The van der Waals surface area contributed by atoms with Crippen LogP contribution >= 0.6 is 27.5 Å². The van der Waals surface area contributed by atoms with E-state index in [4.69, 9.17) is 11.6 Å². The lowest BCUT2D eigenvalue weighted by Crippen LogP contribution is -2.31. The van der Waals surface area contributed by atoms with E-state index in [1.165, 1.54) is 4.90 Å². The van der Waals surface area contributed by atoms with E-state index in [9.17, 15) is 9.59 Å². The van der Waals surface area contributed by atoms with Gasteiger partial charge in [0.25, 0.3) is 0 Å². The summed E-state index contributed by atoms with van der Waals surface area (Å²) in [6.45, 7) is 0. The zero-order valence-corrected chi connectivity index (χ0v) is 12.3. The average Bonchev–Trinajstić information content (AvgIpc) is 2.64. The zero-order chi connectivity index (χ0) is 13.6. The second kappa shape index (κ2) is 4.76. The molecule has 1 saturated heterocycles. The largest absolute Gasteiger partial charge is 0.274 e. The van der Waals surface area contributed by atoms with Crippen LogP contribution in [0.2, 0.25) is 5.02 Å². The Bertz CT molecular complexity index is 573. The van der Waals surface area contributed by atoms with Crippen molar-refractivity contribution >= 4 is 45.0 Å². The maximum atomic E-state index is 12.4. The van der Waals surface area contributed by atoms with Crippen molar-refractivity contribution in [3.05, 3.63) is 39.8 Å². The lowest BCUT2D eigenvalue weighted by molar-refractivity contribution is -0.122. The van der Waals surface area contributed by atoms with Crippen LogP contribution in [0.4, 0.5) is 5.69 Å². The summed E-state index contributed by atoms with van der Waals surface area (Å²) in [4.78, 5) is 26.1. The summed E-state index contributed by atoms with van der Waals surface area (Å²) in [6, 6.07) is 5.08. The number of fused-ring (bicyclic) bond motifs is 1. The predicted molar refractivity (Wildman–Crippen MR) is 77.0 cm³/mol. The van der Waals surface area contributed by atoms with Crippen LogP contribution in [-0.2, 0) is 9.59 Å². The van der Waals surface area contributed by atoms with Crippen LogP contribution in [0.5, 0.6) is 0 Å². The van der Waals surface area contributed by atoms with Gasteiger partial charge in [0.05, 0.1) is 17.5 Å². The molecule has 5 heteroatoms. The van der Waals surface area contributed by atoms with Crippen molar-refractivity contribution in [1.29, 1.82) is 0 Å². The van der Waals surface area contributed by atoms with E-state index < -0.39 is 0 Å². The van der Waals surface area contributed by atoms with Crippen LogP contribution in [0.1, 0.15) is 12.8 Å². The van der Waals surface area contributed by atoms with E-state index in [1.807, 2.05) is 12.2 Å². The summed E-state index contributed by atoms with van der Waals surface area (Å²) in [5.74, 6) is -0.634. The standard InChI is InChI=1S/C14H11BrClNO2/c15-11-7-8(16)5-6-12(11)17-13(18)9-3-1-2-4-10(9)14(17)19/h1-2,5-7,9-10H,3-4H2/t9-,10+. The third kappa shape index (κ3) is 2.03. The Morgan fingerprint density at radius 3 is 2.21 bits per heavy atom. The number of carbonyl (C=O) groups excluding carboxylic acids is 2. The molecule has 0 saturated carbocycles. The van der Waals surface area contributed by atoms with Crippen molar-refractivity contribution in [2.24, 2.45) is 11.8 Å². The van der Waals surface area contributed by atoms with E-state index in [0.717, 1.165) is 0 Å². The first-order valence-corrected chi connectivity index (χ1v) is 7.24. The van der Waals surface area contributed by atoms with E-state index in [-0.39, 0.29) is 23.7 Å². The van der Waals surface area contributed by atoms with Crippen LogP contribution in [0.15, 0.2) is 34.8 Å². The van der Waals surface area contributed by atoms with Gasteiger partial charge < -0.3 is 0 Å². The second-order valence-electron chi connectivity index (χ2n) is 4.76. The van der Waals surface area contributed by atoms with Crippen molar-refractivity contribution in [2.75, 3.05) is 4.90 Å². The highest BCUT2D eigenvalue weighted by Crippen LogP contribution is 2.40. The highest BCUT2D eigenvalue weighted by atomic mass is 79.9. The number of amides is 2. The third-order valence-electron chi connectivity index (χ3n) is 3.66. The topological polar surface area (TPSA) is 37.4 Å². The number of anilines is 1. The van der Waals surface area contributed by atoms with E-state index >= 15 is 0 Å². The van der Waals surface area contributed by atoms with Crippen molar-refractivity contribution in [2.45, 2.75) is 12.8 Å². The van der Waals surface area contributed by atoms with Gasteiger partial charge in [-0.3, -0.25) is 9.59 Å². The van der Waals surface area contributed by atoms with Crippen LogP contribution in [0.25, 0.3) is 0 Å². The summed E-state index contributed by atoms with van der Waals surface area (Å²) in [5.41, 5.74) is 0.578. The SMILES string of the molecule is O=C1[C@H]2CC=CC[C@H]2C(=O)N1c1ccc(Cl)cc1Br. The molecular formula is C14H11BrClNO2. The molecule has 98 valence electrons. The molecule has 1 aromatic rings. The molecule has 1 aromatic carbocycles. The molecule has 3 nitrogen and oxygen atoms in total. The summed E-state index contributed by atoms with van der Waals surface area (Å²) in [7, 11) is 0. The summed E-state index contributed by atoms with van der Waals surface area (Å²) >= 11 is 9.26. The van der Waals surface area contributed by atoms with Crippen LogP contribution < -0.4 is 4.90 Å². The number of halogens is 2. The number of imide groups is 1. The number of carbonyl (C=O) groups is 2. The zero-order valence-electron chi connectivity index (χ0n) is 9.98. The van der Waals surface area contributed by atoms with Gasteiger partial charge in [-0.1, -0.05) is 23.8 Å². The Labute approximate surface area is 124 Å². The minimum Gasteiger partial charge on any atom is -0.274 e. The number of hydrogen-bond acceptors (Lipinski definition) is 2. The molecule has 1 aliphatic heterocycles. The summed E-state index contributed by atoms with van der Waals surface area (Å²) < 4.78 is 0.660. The van der Waals surface area contributed by atoms with E-state index in [1.54, 1.807) is 18.2 Å². The molecule has 2 amide bonds. The smallest absolute Gasteiger partial charge is 0.238 e. The van der Waals surface area contributed by atoms with Gasteiger partial charge in [0.1, 0.15) is 0 Å². The predicted octanol–water partition coefficient (Wildman–Crippen LogP) is 3.56. The van der Waals surface area contributed by atoms with Crippen molar-refractivity contribution < 1.29 is 9.59 Å². The molecule has 0 bridgehead atoms. The lowest BCUT2D eigenvalue weighted by atomic mass is 9.85. The Hall–Kier alpha value is -1.13. The van der Waals surface area contributed by atoms with Gasteiger partial charge >= 0.3 is 0 Å². The van der Waals surface area contributed by atoms with Gasteiger partial charge in [-0.15, -0.1) is 0 Å². The third-order valence-corrected chi connectivity index (χ3v) is 4.53. The normalized spacial score (nSPS) is 25.9. The highest BCUT2D eigenvalue weighted by molar-refractivity contribution is 9.10. The maximum absolute atomic E-state index is 12.4. The van der Waals surface area contributed by atoms with Gasteiger partial charge in [-0.05, 0) is 47.0 Å². The molecule has 2 atom stereocenters. The van der Waals surface area contributed by atoms with Crippen molar-refractivity contribution in [1.82, 2.24) is 0 Å². The molecule has 19 heavy (non-hydrogen) atoms. The Morgan fingerprint density at radius 2 is 1.68 bits per heavy atom. The minimum atomic E-state index is -0.208. The first-order valence-electron chi connectivity index (χ1n) is 6.07. The Balaban J connectivity index is 2.02. The van der Waals surface area contributed by atoms with E-state index in [2.05, 4.69) is 15.9 Å². The molecular weight excluding hydrogens is 330 g/mol. The van der Waals surface area contributed by atoms with Gasteiger partial charge in [0, 0.05) is 9.50 Å². The Morgan fingerprint density at radius 1 is 1.11 bits per heavy atom. The van der Waals surface area contributed by atoms with Crippen molar-refractivity contribution in [3.8, 4) is 0 Å². The van der Waals surface area contributed by atoms with Gasteiger partial charge in [-0.2, -0.15) is 0 Å².